The van der Waals surface area contributed by atoms with Gasteiger partial charge in [-0.1, -0.05) is 19.3 Å². The number of piperidine rings is 1. The van der Waals surface area contributed by atoms with Gasteiger partial charge in [-0.2, -0.15) is 0 Å². The maximum atomic E-state index is 9.55. The van der Waals surface area contributed by atoms with Crippen molar-refractivity contribution in [3.05, 3.63) is 23.9 Å². The highest BCUT2D eigenvalue weighted by atomic mass is 16.5. The Balaban J connectivity index is 0.000000312. The minimum Gasteiger partial charge on any atom is -0.478 e. The summed E-state index contributed by atoms with van der Waals surface area (Å²) < 4.78 is 8.02. The van der Waals surface area contributed by atoms with Crippen LogP contribution in [-0.2, 0) is 22.6 Å². The summed E-state index contributed by atoms with van der Waals surface area (Å²) in [4.78, 5) is 21.8. The van der Waals surface area contributed by atoms with Gasteiger partial charge in [-0.15, -0.1) is 5.10 Å². The van der Waals surface area contributed by atoms with Gasteiger partial charge in [0, 0.05) is 37.0 Å². The summed E-state index contributed by atoms with van der Waals surface area (Å²) in [5, 5.41) is 20.2. The molecule has 0 amide bonds. The number of likely N-dealkylation sites (tertiary alicyclic amines) is 1. The Morgan fingerprint density at radius 1 is 1.00 bits per heavy atom. The van der Waals surface area contributed by atoms with E-state index in [1.165, 1.54) is 76.7 Å². The fraction of sp³-hybridized carbons (Fsp3) is 0.708. The highest BCUT2D eigenvalue weighted by Gasteiger charge is 2.30. The Kier molecular flexibility index (Phi) is 9.59. The third-order valence-corrected chi connectivity index (χ3v) is 6.76. The molecule has 1 saturated carbocycles. The molecule has 4 rings (SSSR count). The third kappa shape index (κ3) is 7.97. The molecule has 0 unspecified atom stereocenters. The summed E-state index contributed by atoms with van der Waals surface area (Å²) in [6.07, 6.45) is 14.6. The number of carbonyl (C=O) groups is 2. The number of aromatic nitrogens is 2. The Morgan fingerprint density at radius 2 is 1.75 bits per heavy atom. The fourth-order valence-corrected chi connectivity index (χ4v) is 5.10. The topological polar surface area (TPSA) is 105 Å². The molecule has 0 spiro atoms. The number of unbranched alkanes of at least 4 members (excludes halogenated alkanes) is 1. The molecule has 2 N–H and O–H groups in total. The van der Waals surface area contributed by atoms with Crippen LogP contribution < -0.4 is 4.74 Å². The predicted octanol–water partition coefficient (Wildman–Crippen LogP) is 3.60. The minimum absolute atomic E-state index is 0.558. The highest BCUT2D eigenvalue weighted by molar-refractivity contribution is 5.89. The van der Waals surface area contributed by atoms with E-state index in [1.54, 1.807) is 0 Å². The standard InChI is InChI=1S/C20H33N3O.C4H4O4/c1-2-8-18-16-22(13-10-17(18)7-1)11-5-6-14-24-20-15-19-9-3-4-12-23(19)21-20;5-3(6)1-2-4(7)8/h15,17-18H,1-14,16H2;1-2H,(H,5,6)(H,7,8)/t17-,18-;/m1./s1. The first-order chi connectivity index (χ1) is 15.5. The smallest absolute Gasteiger partial charge is 0.328 e. The number of hydrogen-bond donors (Lipinski definition) is 2. The normalized spacial score (nSPS) is 23.0. The lowest BCUT2D eigenvalue weighted by Gasteiger charge is -2.41. The van der Waals surface area contributed by atoms with Crippen molar-refractivity contribution in [1.29, 1.82) is 0 Å². The first-order valence-electron chi connectivity index (χ1n) is 12.1. The Morgan fingerprint density at radius 3 is 2.47 bits per heavy atom. The molecule has 3 heterocycles. The van der Waals surface area contributed by atoms with Crippen molar-refractivity contribution >= 4 is 11.9 Å². The van der Waals surface area contributed by atoms with Crippen LogP contribution in [0.5, 0.6) is 5.88 Å². The van der Waals surface area contributed by atoms with E-state index in [1.807, 2.05) is 0 Å². The Labute approximate surface area is 190 Å². The highest BCUT2D eigenvalue weighted by Crippen LogP contribution is 2.36. The van der Waals surface area contributed by atoms with Gasteiger partial charge in [0.25, 0.3) is 0 Å². The number of aryl methyl sites for hydroxylation is 2. The SMILES string of the molecule is O=C(O)C=CC(=O)O.c1c(OCCCCN2CC[C@H]3CCCC[C@@H]3C2)nn2c1CCCC2. The number of rotatable bonds is 8. The molecule has 8 nitrogen and oxygen atoms in total. The van der Waals surface area contributed by atoms with E-state index in [2.05, 4.69) is 20.7 Å². The van der Waals surface area contributed by atoms with E-state index in [4.69, 9.17) is 14.9 Å². The van der Waals surface area contributed by atoms with Crippen molar-refractivity contribution in [2.45, 2.75) is 70.8 Å². The number of hydrogen-bond acceptors (Lipinski definition) is 5. The molecule has 0 radical (unpaired) electrons. The van der Waals surface area contributed by atoms with E-state index in [-0.39, 0.29) is 0 Å². The Bertz CT molecular complexity index is 736. The van der Waals surface area contributed by atoms with Gasteiger partial charge in [0.05, 0.1) is 6.61 Å². The summed E-state index contributed by atoms with van der Waals surface area (Å²) in [6, 6.07) is 2.15. The molecular formula is C24H37N3O5. The lowest BCUT2D eigenvalue weighted by atomic mass is 9.75. The largest absolute Gasteiger partial charge is 0.478 e. The van der Waals surface area contributed by atoms with Gasteiger partial charge in [-0.05, 0) is 69.9 Å². The summed E-state index contributed by atoms with van der Waals surface area (Å²) in [7, 11) is 0. The molecular weight excluding hydrogens is 410 g/mol. The van der Waals surface area contributed by atoms with Gasteiger partial charge < -0.3 is 19.8 Å². The Hall–Kier alpha value is -2.35. The number of carboxylic acid groups (broad SMARTS) is 2. The van der Waals surface area contributed by atoms with Gasteiger partial charge in [0.15, 0.2) is 0 Å². The van der Waals surface area contributed by atoms with Crippen molar-refractivity contribution in [1.82, 2.24) is 14.7 Å². The second-order valence-corrected chi connectivity index (χ2v) is 9.11. The summed E-state index contributed by atoms with van der Waals surface area (Å²) in [5.41, 5.74) is 1.35. The van der Waals surface area contributed by atoms with Crippen LogP contribution in [-0.4, -0.2) is 63.1 Å². The molecule has 0 bridgehead atoms. The summed E-state index contributed by atoms with van der Waals surface area (Å²) in [6.45, 7) is 5.83. The van der Waals surface area contributed by atoms with Crippen molar-refractivity contribution in [2.24, 2.45) is 11.8 Å². The number of ether oxygens (including phenoxy) is 1. The van der Waals surface area contributed by atoms with Crippen LogP contribution in [0.15, 0.2) is 18.2 Å². The van der Waals surface area contributed by atoms with Crippen LogP contribution >= 0.6 is 0 Å². The van der Waals surface area contributed by atoms with Crippen LogP contribution in [0.3, 0.4) is 0 Å². The second-order valence-electron chi connectivity index (χ2n) is 9.11. The van der Waals surface area contributed by atoms with E-state index < -0.39 is 11.9 Å². The molecule has 32 heavy (non-hydrogen) atoms. The number of carboxylic acids is 2. The van der Waals surface area contributed by atoms with Gasteiger partial charge in [0.1, 0.15) is 0 Å². The number of aliphatic carboxylic acids is 2. The van der Waals surface area contributed by atoms with Gasteiger partial charge in [0.2, 0.25) is 5.88 Å². The third-order valence-electron chi connectivity index (χ3n) is 6.76. The fourth-order valence-electron chi connectivity index (χ4n) is 5.10. The maximum absolute atomic E-state index is 9.55. The van der Waals surface area contributed by atoms with Gasteiger partial charge in [-0.3, -0.25) is 4.68 Å². The molecule has 2 atom stereocenters. The van der Waals surface area contributed by atoms with Crippen molar-refractivity contribution < 1.29 is 24.5 Å². The minimum atomic E-state index is -1.26. The van der Waals surface area contributed by atoms with Crippen LogP contribution in [0.2, 0.25) is 0 Å². The number of fused-ring (bicyclic) bond motifs is 2. The zero-order valence-electron chi connectivity index (χ0n) is 19.0. The molecule has 0 aromatic carbocycles. The molecule has 2 aliphatic heterocycles. The summed E-state index contributed by atoms with van der Waals surface area (Å²) >= 11 is 0. The van der Waals surface area contributed by atoms with Gasteiger partial charge in [-0.25, -0.2) is 9.59 Å². The monoisotopic (exact) mass is 447 g/mol. The molecule has 2 fully saturated rings. The first kappa shape index (κ1) is 24.3. The molecule has 1 saturated heterocycles. The van der Waals surface area contributed by atoms with Crippen LogP contribution in [0, 0.1) is 11.8 Å². The molecule has 1 aromatic heterocycles. The second kappa shape index (κ2) is 12.6. The zero-order valence-corrected chi connectivity index (χ0v) is 19.0. The van der Waals surface area contributed by atoms with Gasteiger partial charge >= 0.3 is 11.9 Å². The average molecular weight is 448 g/mol. The van der Waals surface area contributed by atoms with Crippen LogP contribution in [0.4, 0.5) is 0 Å². The van der Waals surface area contributed by atoms with E-state index in [0.717, 1.165) is 43.7 Å². The average Bonchev–Trinajstić information content (AvgIpc) is 3.21. The molecule has 178 valence electrons. The van der Waals surface area contributed by atoms with E-state index in [0.29, 0.717) is 12.2 Å². The molecule has 1 aromatic rings. The van der Waals surface area contributed by atoms with Crippen molar-refractivity contribution in [3.63, 3.8) is 0 Å². The predicted molar refractivity (Wildman–Crippen MR) is 121 cm³/mol. The van der Waals surface area contributed by atoms with E-state index in [9.17, 15) is 9.59 Å². The van der Waals surface area contributed by atoms with Crippen LogP contribution in [0.1, 0.15) is 63.5 Å². The molecule has 3 aliphatic rings. The maximum Gasteiger partial charge on any atom is 0.328 e. The van der Waals surface area contributed by atoms with E-state index >= 15 is 0 Å². The molecule has 8 heteroatoms. The zero-order chi connectivity index (χ0) is 22.8. The lowest BCUT2D eigenvalue weighted by Crippen LogP contribution is -2.42. The first-order valence-corrected chi connectivity index (χ1v) is 12.1. The van der Waals surface area contributed by atoms with Crippen molar-refractivity contribution in [2.75, 3.05) is 26.2 Å². The lowest BCUT2D eigenvalue weighted by molar-refractivity contribution is -0.134. The quantitative estimate of drug-likeness (QED) is 0.463. The van der Waals surface area contributed by atoms with Crippen molar-refractivity contribution in [3.8, 4) is 5.88 Å². The van der Waals surface area contributed by atoms with Crippen LogP contribution in [0.25, 0.3) is 0 Å². The molecule has 1 aliphatic carbocycles. The number of nitrogens with zero attached hydrogens (tertiary/aromatic N) is 3. The summed E-state index contributed by atoms with van der Waals surface area (Å²) in [5.74, 6) is 0.376.